The number of amides is 1. The first-order valence-corrected chi connectivity index (χ1v) is 7.14. The number of nitrogens with one attached hydrogen (secondary N) is 1. The van der Waals surface area contributed by atoms with Gasteiger partial charge in [-0.1, -0.05) is 0 Å². The zero-order valence-corrected chi connectivity index (χ0v) is 13.5. The number of nitrogens with zero attached hydrogens (tertiary/aromatic N) is 3. The molecule has 0 aliphatic carbocycles. The fourth-order valence-electron chi connectivity index (χ4n) is 1.95. The maximum Gasteiger partial charge on any atom is 0.417 e. The van der Waals surface area contributed by atoms with Crippen LogP contribution < -0.4 is 11.1 Å². The highest BCUT2D eigenvalue weighted by molar-refractivity contribution is 5.95. The quantitative estimate of drug-likeness (QED) is 0.891. The lowest BCUT2D eigenvalue weighted by Gasteiger charge is -2.18. The van der Waals surface area contributed by atoms with Crippen LogP contribution >= 0.6 is 0 Å². The molecule has 2 rings (SSSR count). The highest BCUT2D eigenvalue weighted by Crippen LogP contribution is 2.28. The molecule has 24 heavy (non-hydrogen) atoms. The molecule has 0 spiro atoms. The van der Waals surface area contributed by atoms with E-state index in [0.717, 1.165) is 12.3 Å². The van der Waals surface area contributed by atoms with Crippen molar-refractivity contribution in [3.05, 3.63) is 41.3 Å². The molecule has 130 valence electrons. The number of rotatable bonds is 4. The Morgan fingerprint density at radius 3 is 2.46 bits per heavy atom. The summed E-state index contributed by atoms with van der Waals surface area (Å²) in [5.74, 6) is -0.164. The van der Waals surface area contributed by atoms with Gasteiger partial charge in [-0.2, -0.15) is 18.3 Å². The summed E-state index contributed by atoms with van der Waals surface area (Å²) in [6.07, 6.45) is -2.38. The molecule has 3 N–H and O–H groups in total. The summed E-state index contributed by atoms with van der Waals surface area (Å²) >= 11 is 0. The normalized spacial score (nSPS) is 12.3. The molecule has 2 aromatic rings. The molecule has 0 atom stereocenters. The van der Waals surface area contributed by atoms with Gasteiger partial charge in [0.25, 0.3) is 5.91 Å². The van der Waals surface area contributed by atoms with E-state index in [4.69, 9.17) is 5.73 Å². The molecule has 0 unspecified atom stereocenters. The number of hydrogen-bond donors (Lipinski definition) is 2. The van der Waals surface area contributed by atoms with Gasteiger partial charge in [-0.15, -0.1) is 0 Å². The summed E-state index contributed by atoms with van der Waals surface area (Å²) in [5.41, 5.74) is 5.17. The maximum absolute atomic E-state index is 12.6. The predicted molar refractivity (Wildman–Crippen MR) is 81.7 cm³/mol. The van der Waals surface area contributed by atoms with Gasteiger partial charge in [0.15, 0.2) is 5.82 Å². The van der Waals surface area contributed by atoms with Crippen LogP contribution in [0.2, 0.25) is 0 Å². The topological polar surface area (TPSA) is 85.8 Å². The summed E-state index contributed by atoms with van der Waals surface area (Å²) in [6.45, 7) is 5.45. The molecule has 6 nitrogen and oxygen atoms in total. The number of carbonyl (C=O) groups excluding carboxylic acids is 1. The Morgan fingerprint density at radius 2 is 1.96 bits per heavy atom. The highest BCUT2D eigenvalue weighted by Gasteiger charge is 2.30. The lowest BCUT2D eigenvalue weighted by molar-refractivity contribution is -0.137. The summed E-state index contributed by atoms with van der Waals surface area (Å²) in [4.78, 5) is 15.9. The molecule has 0 aliphatic rings. The minimum absolute atomic E-state index is 0.193. The van der Waals surface area contributed by atoms with Crippen LogP contribution in [0.4, 0.5) is 13.2 Å². The number of hydrogen-bond acceptors (Lipinski definition) is 4. The van der Waals surface area contributed by atoms with E-state index in [1.54, 1.807) is 20.8 Å². The lowest BCUT2D eigenvalue weighted by Crippen LogP contribution is -2.45. The van der Waals surface area contributed by atoms with E-state index in [1.165, 1.54) is 16.9 Å². The smallest absolute Gasteiger partial charge is 0.350 e. The molecule has 1 amide bonds. The third kappa shape index (κ3) is 4.10. The zero-order valence-electron chi connectivity index (χ0n) is 13.5. The molecule has 0 radical (unpaired) electrons. The van der Waals surface area contributed by atoms with E-state index >= 15 is 0 Å². The Labute approximate surface area is 136 Å². The average Bonchev–Trinajstić information content (AvgIpc) is 2.85. The summed E-state index contributed by atoms with van der Waals surface area (Å²) in [6, 6.07) is 2.12. The van der Waals surface area contributed by atoms with Crippen LogP contribution in [0.15, 0.2) is 24.5 Å². The SMILES string of the molecule is Cc1c(C(=O)NCC(C)(C)N)cnn1-c1ccc(C(F)(F)F)cn1. The summed E-state index contributed by atoms with van der Waals surface area (Å²) < 4.78 is 39.0. The van der Waals surface area contributed by atoms with Gasteiger partial charge in [-0.05, 0) is 32.9 Å². The van der Waals surface area contributed by atoms with Gasteiger partial charge in [0.2, 0.25) is 0 Å². The van der Waals surface area contributed by atoms with E-state index in [1.807, 2.05) is 0 Å². The number of pyridine rings is 1. The summed E-state index contributed by atoms with van der Waals surface area (Å²) in [7, 11) is 0. The number of halogens is 3. The molecule has 0 saturated heterocycles. The number of nitrogens with two attached hydrogens (primary N) is 1. The van der Waals surface area contributed by atoms with Crippen LogP contribution in [0.1, 0.15) is 35.5 Å². The van der Waals surface area contributed by atoms with Crippen molar-refractivity contribution in [2.45, 2.75) is 32.5 Å². The Balaban J connectivity index is 2.22. The summed E-state index contributed by atoms with van der Waals surface area (Å²) in [5, 5.41) is 6.71. The van der Waals surface area contributed by atoms with Gasteiger partial charge in [-0.3, -0.25) is 4.79 Å². The van der Waals surface area contributed by atoms with Crippen molar-refractivity contribution in [3.63, 3.8) is 0 Å². The second-order valence-electron chi connectivity index (χ2n) is 6.13. The Hall–Kier alpha value is -2.42. The van der Waals surface area contributed by atoms with Crippen LogP contribution in [-0.2, 0) is 6.18 Å². The average molecular weight is 341 g/mol. The Morgan fingerprint density at radius 1 is 1.29 bits per heavy atom. The van der Waals surface area contributed by atoms with Gasteiger partial charge in [0.05, 0.1) is 23.0 Å². The van der Waals surface area contributed by atoms with Gasteiger partial charge < -0.3 is 11.1 Å². The van der Waals surface area contributed by atoms with Crippen LogP contribution in [0.25, 0.3) is 5.82 Å². The van der Waals surface area contributed by atoms with Gasteiger partial charge in [0.1, 0.15) is 0 Å². The van der Waals surface area contributed by atoms with Gasteiger partial charge in [-0.25, -0.2) is 9.67 Å². The van der Waals surface area contributed by atoms with E-state index in [-0.39, 0.29) is 18.3 Å². The molecule has 0 bridgehead atoms. The number of carbonyl (C=O) groups is 1. The lowest BCUT2D eigenvalue weighted by atomic mass is 10.1. The van der Waals surface area contributed by atoms with Crippen molar-refractivity contribution in [1.29, 1.82) is 0 Å². The van der Waals surface area contributed by atoms with Crippen molar-refractivity contribution >= 4 is 5.91 Å². The van der Waals surface area contributed by atoms with Crippen molar-refractivity contribution in [2.75, 3.05) is 6.54 Å². The van der Waals surface area contributed by atoms with Crippen molar-refractivity contribution in [1.82, 2.24) is 20.1 Å². The first-order chi connectivity index (χ1) is 11.0. The molecule has 2 aromatic heterocycles. The second-order valence-corrected chi connectivity index (χ2v) is 6.13. The Bertz CT molecular complexity index is 729. The van der Waals surface area contributed by atoms with E-state index in [2.05, 4.69) is 15.4 Å². The van der Waals surface area contributed by atoms with Crippen molar-refractivity contribution in [2.24, 2.45) is 5.73 Å². The minimum atomic E-state index is -4.45. The first kappa shape index (κ1) is 17.9. The molecule has 0 saturated carbocycles. The largest absolute Gasteiger partial charge is 0.417 e. The molecular formula is C15H18F3N5O. The van der Waals surface area contributed by atoms with Crippen LogP contribution in [0.5, 0.6) is 0 Å². The number of aromatic nitrogens is 3. The molecule has 0 aliphatic heterocycles. The van der Waals surface area contributed by atoms with Crippen LogP contribution in [0.3, 0.4) is 0 Å². The fraction of sp³-hybridized carbons (Fsp3) is 0.400. The monoisotopic (exact) mass is 341 g/mol. The first-order valence-electron chi connectivity index (χ1n) is 7.14. The van der Waals surface area contributed by atoms with E-state index in [9.17, 15) is 18.0 Å². The van der Waals surface area contributed by atoms with Gasteiger partial charge >= 0.3 is 6.18 Å². The fourth-order valence-corrected chi connectivity index (χ4v) is 1.95. The molecule has 9 heteroatoms. The third-order valence-electron chi connectivity index (χ3n) is 3.25. The van der Waals surface area contributed by atoms with Crippen LogP contribution in [-0.4, -0.2) is 32.8 Å². The molecule has 0 aromatic carbocycles. The second kappa shape index (κ2) is 6.23. The van der Waals surface area contributed by atoms with Crippen LogP contribution in [0, 0.1) is 6.92 Å². The Kier molecular flexibility index (Phi) is 4.66. The zero-order chi connectivity index (χ0) is 18.1. The molecule has 0 fully saturated rings. The standard InChI is InChI=1S/C15H18F3N5O/c1-9-11(13(24)21-8-14(2,3)19)7-22-23(9)12-5-4-10(6-20-12)15(16,17)18/h4-7H,8,19H2,1-3H3,(H,21,24). The van der Waals surface area contributed by atoms with E-state index in [0.29, 0.717) is 11.3 Å². The third-order valence-corrected chi connectivity index (χ3v) is 3.25. The van der Waals surface area contributed by atoms with E-state index < -0.39 is 17.3 Å². The highest BCUT2D eigenvalue weighted by atomic mass is 19.4. The van der Waals surface area contributed by atoms with Crippen molar-refractivity contribution in [3.8, 4) is 5.82 Å². The maximum atomic E-state index is 12.6. The number of alkyl halides is 3. The van der Waals surface area contributed by atoms with Crippen molar-refractivity contribution < 1.29 is 18.0 Å². The van der Waals surface area contributed by atoms with Gasteiger partial charge in [0, 0.05) is 18.3 Å². The predicted octanol–water partition coefficient (Wildman–Crippen LogP) is 2.06. The minimum Gasteiger partial charge on any atom is -0.350 e. The molecule has 2 heterocycles. The molecular weight excluding hydrogens is 323 g/mol.